The number of carboxylic acid groups (broad SMARTS) is 1. The lowest BCUT2D eigenvalue weighted by molar-refractivity contribution is -0.137. The molecular weight excluding hydrogens is 358 g/mol. The van der Waals surface area contributed by atoms with Crippen LogP contribution in [0.15, 0.2) is 12.2 Å². The molecule has 0 aliphatic carbocycles. The number of rotatable bonds is 22. The van der Waals surface area contributed by atoms with Crippen LogP contribution in [0.3, 0.4) is 0 Å². The molecule has 1 atom stereocenters. The summed E-state index contributed by atoms with van der Waals surface area (Å²) in [6.07, 6.45) is 26.9. The quantitative estimate of drug-likeness (QED) is 0.146. The van der Waals surface area contributed by atoms with Crippen LogP contribution in [0.1, 0.15) is 122 Å². The molecule has 0 saturated carbocycles. The number of hydrogen-bond acceptors (Lipinski definition) is 2. The maximum absolute atomic E-state index is 10.4. The summed E-state index contributed by atoms with van der Waals surface area (Å²) in [6, 6.07) is 0. The molecule has 0 heterocycles. The summed E-state index contributed by atoms with van der Waals surface area (Å²) in [7, 11) is 4.43. The van der Waals surface area contributed by atoms with Crippen LogP contribution in [0.5, 0.6) is 0 Å². The summed E-state index contributed by atoms with van der Waals surface area (Å²) in [5.74, 6) is 0.229. The van der Waals surface area contributed by atoms with Crippen molar-refractivity contribution in [3.63, 3.8) is 0 Å². The van der Waals surface area contributed by atoms with Crippen molar-refractivity contribution >= 4 is 5.97 Å². The summed E-state index contributed by atoms with van der Waals surface area (Å²) in [4.78, 5) is 12.8. The Morgan fingerprint density at radius 2 is 1.24 bits per heavy atom. The zero-order valence-electron chi connectivity index (χ0n) is 20.0. The van der Waals surface area contributed by atoms with E-state index in [2.05, 4.69) is 38.1 Å². The molecule has 0 aromatic carbocycles. The van der Waals surface area contributed by atoms with Gasteiger partial charge in [0.15, 0.2) is 0 Å². The van der Waals surface area contributed by atoms with Gasteiger partial charge in [0.2, 0.25) is 0 Å². The highest BCUT2D eigenvalue weighted by molar-refractivity contribution is 5.66. The van der Waals surface area contributed by atoms with Gasteiger partial charge in [-0.15, -0.1) is 0 Å². The molecule has 0 bridgehead atoms. The van der Waals surface area contributed by atoms with Gasteiger partial charge in [0.05, 0.1) is 0 Å². The summed E-state index contributed by atoms with van der Waals surface area (Å²) >= 11 is 0. The third-order valence-corrected chi connectivity index (χ3v) is 5.75. The second kappa shape index (κ2) is 21.9. The van der Waals surface area contributed by atoms with Gasteiger partial charge in [0.25, 0.3) is 0 Å². The van der Waals surface area contributed by atoms with E-state index in [1.54, 1.807) is 0 Å². The maximum Gasteiger partial charge on any atom is 0.303 e. The van der Waals surface area contributed by atoms with Gasteiger partial charge in [-0.2, -0.15) is 0 Å². The van der Waals surface area contributed by atoms with E-state index in [9.17, 15) is 4.79 Å². The van der Waals surface area contributed by atoms with Gasteiger partial charge in [0, 0.05) is 13.0 Å². The van der Waals surface area contributed by atoms with Crippen molar-refractivity contribution in [2.45, 2.75) is 122 Å². The Balaban J connectivity index is 3.48. The third-order valence-electron chi connectivity index (χ3n) is 5.75. The number of carboxylic acids is 1. The van der Waals surface area contributed by atoms with Gasteiger partial charge in [-0.3, -0.25) is 4.79 Å². The van der Waals surface area contributed by atoms with E-state index in [4.69, 9.17) is 5.11 Å². The van der Waals surface area contributed by atoms with Gasteiger partial charge in [-0.25, -0.2) is 0 Å². The first-order valence-corrected chi connectivity index (χ1v) is 12.6. The predicted molar refractivity (Wildman–Crippen MR) is 128 cm³/mol. The van der Waals surface area contributed by atoms with Crippen LogP contribution in [0.2, 0.25) is 0 Å². The highest BCUT2D eigenvalue weighted by atomic mass is 16.4. The van der Waals surface area contributed by atoms with E-state index < -0.39 is 5.97 Å². The van der Waals surface area contributed by atoms with Gasteiger partial charge < -0.3 is 10.0 Å². The van der Waals surface area contributed by atoms with Gasteiger partial charge in [-0.1, -0.05) is 83.3 Å². The van der Waals surface area contributed by atoms with Crippen molar-refractivity contribution in [2.24, 2.45) is 5.92 Å². The lowest BCUT2D eigenvalue weighted by Gasteiger charge is -2.21. The lowest BCUT2D eigenvalue weighted by atomic mass is 9.94. The van der Waals surface area contributed by atoms with Crippen LogP contribution in [-0.2, 0) is 4.79 Å². The van der Waals surface area contributed by atoms with Gasteiger partial charge in [0.1, 0.15) is 0 Å². The lowest BCUT2D eigenvalue weighted by Crippen LogP contribution is -2.21. The Hall–Kier alpha value is -0.830. The van der Waals surface area contributed by atoms with Crippen LogP contribution in [-0.4, -0.2) is 36.6 Å². The highest BCUT2D eigenvalue weighted by Gasteiger charge is 2.09. The van der Waals surface area contributed by atoms with Crippen LogP contribution < -0.4 is 0 Å². The molecule has 3 heteroatoms. The Kier molecular flexibility index (Phi) is 21.2. The molecule has 0 aromatic heterocycles. The van der Waals surface area contributed by atoms with Gasteiger partial charge in [-0.05, 0) is 65.0 Å². The fourth-order valence-electron chi connectivity index (χ4n) is 4.06. The summed E-state index contributed by atoms with van der Waals surface area (Å²) in [5.41, 5.74) is 0. The summed E-state index contributed by atoms with van der Waals surface area (Å²) < 4.78 is 0. The molecule has 0 aromatic rings. The fourth-order valence-corrected chi connectivity index (χ4v) is 4.06. The number of hydrogen-bond donors (Lipinski definition) is 1. The monoisotopic (exact) mass is 409 g/mol. The molecule has 29 heavy (non-hydrogen) atoms. The standard InChI is InChI=1S/C26H51NO2/c1-4-5-6-18-21-25(24-27(2)3)22-19-16-14-12-10-8-7-9-11-13-15-17-20-23-26(28)29/h9,11,25H,4-8,10,12-24H2,1-3H3,(H,28,29). The molecule has 0 aliphatic heterocycles. The molecule has 0 saturated heterocycles. The first kappa shape index (κ1) is 28.2. The third kappa shape index (κ3) is 23.3. The van der Waals surface area contributed by atoms with E-state index in [1.807, 2.05) is 0 Å². The number of nitrogens with zero attached hydrogens (tertiary/aromatic N) is 1. The average Bonchev–Trinajstić information content (AvgIpc) is 2.67. The Morgan fingerprint density at radius 1 is 0.759 bits per heavy atom. The molecule has 0 aliphatic rings. The van der Waals surface area contributed by atoms with Crippen molar-refractivity contribution in [3.05, 3.63) is 12.2 Å². The smallest absolute Gasteiger partial charge is 0.303 e. The van der Waals surface area contributed by atoms with Gasteiger partial charge >= 0.3 is 5.97 Å². The molecule has 0 spiro atoms. The predicted octanol–water partition coefficient (Wildman–Crippen LogP) is 7.85. The Labute approximate surface area is 182 Å². The molecule has 0 radical (unpaired) electrons. The van der Waals surface area contributed by atoms with E-state index in [0.29, 0.717) is 6.42 Å². The molecule has 0 rings (SSSR count). The molecule has 3 nitrogen and oxygen atoms in total. The summed E-state index contributed by atoms with van der Waals surface area (Å²) in [5, 5.41) is 8.59. The number of aliphatic carboxylic acids is 1. The molecule has 1 N–H and O–H groups in total. The number of unbranched alkanes of at least 4 members (excludes halogenated alkanes) is 12. The molecule has 0 fully saturated rings. The number of carbonyl (C=O) groups is 1. The SMILES string of the molecule is CCCCCCC(CCCCCCCCC=CCCCCCC(=O)O)CN(C)C. The molecule has 1 unspecified atom stereocenters. The largest absolute Gasteiger partial charge is 0.481 e. The van der Waals surface area contributed by atoms with E-state index in [0.717, 1.165) is 31.6 Å². The van der Waals surface area contributed by atoms with Crippen molar-refractivity contribution < 1.29 is 9.90 Å². The normalized spacial score (nSPS) is 12.8. The Morgan fingerprint density at radius 3 is 1.76 bits per heavy atom. The Bertz CT molecular complexity index is 379. The van der Waals surface area contributed by atoms with Crippen LogP contribution in [0.25, 0.3) is 0 Å². The summed E-state index contributed by atoms with van der Waals surface area (Å²) in [6.45, 7) is 3.55. The zero-order chi connectivity index (χ0) is 21.6. The van der Waals surface area contributed by atoms with E-state index in [1.165, 1.54) is 90.0 Å². The van der Waals surface area contributed by atoms with Crippen molar-refractivity contribution in [1.29, 1.82) is 0 Å². The van der Waals surface area contributed by atoms with Crippen LogP contribution in [0, 0.1) is 5.92 Å². The van der Waals surface area contributed by atoms with Crippen molar-refractivity contribution in [2.75, 3.05) is 20.6 Å². The van der Waals surface area contributed by atoms with Crippen LogP contribution in [0.4, 0.5) is 0 Å². The van der Waals surface area contributed by atoms with E-state index in [-0.39, 0.29) is 0 Å². The number of allylic oxidation sites excluding steroid dienone is 2. The second-order valence-electron chi connectivity index (χ2n) is 9.14. The zero-order valence-corrected chi connectivity index (χ0v) is 20.0. The molecule has 172 valence electrons. The second-order valence-corrected chi connectivity index (χ2v) is 9.14. The minimum atomic E-state index is -0.670. The minimum Gasteiger partial charge on any atom is -0.481 e. The van der Waals surface area contributed by atoms with Crippen molar-refractivity contribution in [1.82, 2.24) is 4.90 Å². The molecule has 0 amide bonds. The first-order chi connectivity index (χ1) is 14.1. The average molecular weight is 410 g/mol. The fraction of sp³-hybridized carbons (Fsp3) is 0.885. The first-order valence-electron chi connectivity index (χ1n) is 12.6. The minimum absolute atomic E-state index is 0.318. The highest BCUT2D eigenvalue weighted by Crippen LogP contribution is 2.19. The van der Waals surface area contributed by atoms with Crippen molar-refractivity contribution in [3.8, 4) is 0 Å². The molecular formula is C26H51NO2. The van der Waals surface area contributed by atoms with Crippen LogP contribution >= 0.6 is 0 Å². The van der Waals surface area contributed by atoms with E-state index >= 15 is 0 Å². The maximum atomic E-state index is 10.4. The topological polar surface area (TPSA) is 40.5 Å².